The quantitative estimate of drug-likeness (QED) is 0.0719. The monoisotopic (exact) mass is 858 g/mol. The van der Waals surface area contributed by atoms with Crippen molar-refractivity contribution in [3.63, 3.8) is 0 Å². The lowest BCUT2D eigenvalue weighted by Crippen LogP contribution is -2.32. The molecular weight excluding hydrogens is 819 g/mol. The first-order chi connectivity index (χ1) is 30.3. The molecule has 0 spiro atoms. The zero-order valence-corrected chi connectivity index (χ0v) is 34.8. The molecule has 11 nitrogen and oxygen atoms in total. The molecule has 308 valence electrons. The van der Waals surface area contributed by atoms with Crippen molar-refractivity contribution in [2.45, 2.75) is 38.0 Å². The SMILES string of the molecule is O=C(NCCc1cccnc1)c1ccc2[nH]c(-c3ccc(Cl)c4c3C(C(=O)C3NCc5c(Cl)ccc(-c6cc7cc(C(=O)NCCc8cccnc8)ccc7[nH]6)c53)NC4)cc2c1. The Hall–Kier alpha value is -6.63. The minimum atomic E-state index is -0.677. The maximum absolute atomic E-state index is 15.0. The van der Waals surface area contributed by atoms with E-state index < -0.39 is 12.1 Å². The van der Waals surface area contributed by atoms with Gasteiger partial charge in [0.1, 0.15) is 0 Å². The van der Waals surface area contributed by atoms with Gasteiger partial charge in [-0.05, 0) is 119 Å². The Morgan fingerprint density at radius 1 is 0.597 bits per heavy atom. The molecule has 0 aliphatic carbocycles. The predicted molar refractivity (Wildman–Crippen MR) is 242 cm³/mol. The fourth-order valence-corrected chi connectivity index (χ4v) is 9.27. The highest BCUT2D eigenvalue weighted by Crippen LogP contribution is 2.45. The van der Waals surface area contributed by atoms with Crippen LogP contribution in [-0.4, -0.2) is 50.6 Å². The molecule has 0 radical (unpaired) electrons. The zero-order valence-electron chi connectivity index (χ0n) is 33.3. The molecule has 2 amide bonds. The largest absolute Gasteiger partial charge is 0.355 e. The number of hydrogen-bond acceptors (Lipinski definition) is 7. The van der Waals surface area contributed by atoms with E-state index in [4.69, 9.17) is 23.2 Å². The van der Waals surface area contributed by atoms with E-state index >= 15 is 0 Å². The van der Waals surface area contributed by atoms with Crippen molar-refractivity contribution >= 4 is 62.6 Å². The van der Waals surface area contributed by atoms with Crippen molar-refractivity contribution in [3.05, 3.63) is 176 Å². The average Bonchev–Trinajstić information content (AvgIpc) is 4.12. The van der Waals surface area contributed by atoms with Gasteiger partial charge in [0.15, 0.2) is 5.78 Å². The molecule has 62 heavy (non-hydrogen) atoms. The van der Waals surface area contributed by atoms with Crippen LogP contribution in [0.15, 0.2) is 122 Å². The molecule has 2 aliphatic rings. The second kappa shape index (κ2) is 16.7. The Morgan fingerprint density at radius 2 is 1.06 bits per heavy atom. The third kappa shape index (κ3) is 7.54. The minimum absolute atomic E-state index is 0.0581. The van der Waals surface area contributed by atoms with Crippen LogP contribution in [0, 0.1) is 0 Å². The Kier molecular flexibility index (Phi) is 10.6. The van der Waals surface area contributed by atoms with Crippen LogP contribution in [0.25, 0.3) is 44.3 Å². The lowest BCUT2D eigenvalue weighted by molar-refractivity contribution is -0.123. The van der Waals surface area contributed by atoms with Gasteiger partial charge < -0.3 is 20.6 Å². The number of nitrogens with one attached hydrogen (secondary N) is 6. The highest BCUT2D eigenvalue weighted by atomic mass is 35.5. The average molecular weight is 860 g/mol. The molecule has 4 aromatic carbocycles. The first kappa shape index (κ1) is 39.5. The summed E-state index contributed by atoms with van der Waals surface area (Å²) in [7, 11) is 0. The van der Waals surface area contributed by atoms with E-state index in [-0.39, 0.29) is 17.6 Å². The summed E-state index contributed by atoms with van der Waals surface area (Å²) in [6.07, 6.45) is 8.43. The van der Waals surface area contributed by atoms with Gasteiger partial charge in [-0.1, -0.05) is 47.5 Å². The third-order valence-electron chi connectivity index (χ3n) is 11.9. The molecular formula is C49H40Cl2N8O3. The van der Waals surface area contributed by atoms with Crippen molar-refractivity contribution in [3.8, 4) is 22.5 Å². The van der Waals surface area contributed by atoms with Crippen LogP contribution >= 0.6 is 23.2 Å². The van der Waals surface area contributed by atoms with Gasteiger partial charge >= 0.3 is 0 Å². The summed E-state index contributed by atoms with van der Waals surface area (Å²) in [4.78, 5) is 56.6. The van der Waals surface area contributed by atoms with Gasteiger partial charge in [-0.15, -0.1) is 0 Å². The number of pyridine rings is 2. The van der Waals surface area contributed by atoms with Gasteiger partial charge in [-0.25, -0.2) is 0 Å². The van der Waals surface area contributed by atoms with Gasteiger partial charge in [0.25, 0.3) is 11.8 Å². The fourth-order valence-electron chi connectivity index (χ4n) is 8.80. The van der Waals surface area contributed by atoms with Crippen LogP contribution in [0.5, 0.6) is 0 Å². The molecule has 6 heterocycles. The van der Waals surface area contributed by atoms with Gasteiger partial charge in [-0.3, -0.25) is 35.0 Å². The molecule has 2 unspecified atom stereocenters. The van der Waals surface area contributed by atoms with Gasteiger partial charge in [0.05, 0.1) is 12.1 Å². The maximum atomic E-state index is 15.0. The number of nitrogens with zero attached hydrogens (tertiary/aromatic N) is 2. The smallest absolute Gasteiger partial charge is 0.251 e. The summed E-state index contributed by atoms with van der Waals surface area (Å²) in [6.45, 7) is 1.83. The van der Waals surface area contributed by atoms with Crippen molar-refractivity contribution in [2.75, 3.05) is 13.1 Å². The maximum Gasteiger partial charge on any atom is 0.251 e. The molecule has 4 aromatic heterocycles. The summed E-state index contributed by atoms with van der Waals surface area (Å²) < 4.78 is 0. The molecule has 8 aromatic rings. The third-order valence-corrected chi connectivity index (χ3v) is 12.6. The molecule has 2 atom stereocenters. The number of aromatic amines is 2. The molecule has 10 rings (SSSR count). The summed E-state index contributed by atoms with van der Waals surface area (Å²) in [5, 5.41) is 15.9. The van der Waals surface area contributed by atoms with Gasteiger partial charge in [0, 0.05) is 116 Å². The van der Waals surface area contributed by atoms with Crippen LogP contribution in [0.4, 0.5) is 0 Å². The van der Waals surface area contributed by atoms with Crippen molar-refractivity contribution in [2.24, 2.45) is 0 Å². The summed E-state index contributed by atoms with van der Waals surface area (Å²) in [5.41, 5.74) is 11.6. The Labute approximate surface area is 366 Å². The normalized spacial score (nSPS) is 15.5. The molecule has 0 saturated carbocycles. The topological polar surface area (TPSA) is 157 Å². The van der Waals surface area contributed by atoms with E-state index in [2.05, 4.69) is 41.2 Å². The second-order valence-corrected chi connectivity index (χ2v) is 16.5. The molecule has 0 saturated heterocycles. The number of carbonyl (C=O) groups is 3. The lowest BCUT2D eigenvalue weighted by Gasteiger charge is -2.21. The van der Waals surface area contributed by atoms with E-state index in [0.717, 1.165) is 77.7 Å². The van der Waals surface area contributed by atoms with Crippen LogP contribution in [0.3, 0.4) is 0 Å². The van der Waals surface area contributed by atoms with Crippen molar-refractivity contribution in [1.82, 2.24) is 41.2 Å². The van der Waals surface area contributed by atoms with Crippen LogP contribution in [0.1, 0.15) is 66.2 Å². The standard InChI is InChI=1S/C49H40Cl2N8O3/c50-37-9-7-33(41-21-31-19-29(5-11-39(31)58-41)48(61)54-17-13-27-3-1-15-52-23-27)43-35(37)25-56-45(43)47(60)46-44-34(8-10-38(51)36(44)26-57-46)42-22-32-20-30(6-12-40(32)59-42)49(62)55-18-14-28-4-2-16-53-24-28/h1-12,15-16,19-24,45-46,56-59H,13-14,17-18,25-26H2,(H,54,61)(H,55,62). The van der Waals surface area contributed by atoms with Crippen LogP contribution in [0.2, 0.25) is 10.0 Å². The number of Topliss-reactive ketones (excluding diaryl/α,β-unsaturated/α-hetero) is 1. The number of fused-ring (bicyclic) bond motifs is 4. The number of benzene rings is 4. The molecule has 6 N–H and O–H groups in total. The number of ketones is 1. The van der Waals surface area contributed by atoms with Gasteiger partial charge in [-0.2, -0.15) is 0 Å². The van der Waals surface area contributed by atoms with E-state index in [1.54, 1.807) is 24.8 Å². The van der Waals surface area contributed by atoms with Gasteiger partial charge in [0.2, 0.25) is 0 Å². The van der Waals surface area contributed by atoms with Crippen molar-refractivity contribution in [1.29, 1.82) is 0 Å². The molecule has 0 fully saturated rings. The van der Waals surface area contributed by atoms with Crippen LogP contribution < -0.4 is 21.3 Å². The Balaban J connectivity index is 0.909. The summed E-state index contributed by atoms with van der Waals surface area (Å²) in [5.74, 6) is -0.368. The summed E-state index contributed by atoms with van der Waals surface area (Å²) in [6, 6.07) is 29.2. The molecule has 13 heteroatoms. The number of H-pyrrole nitrogens is 2. The lowest BCUT2D eigenvalue weighted by atomic mass is 9.87. The number of aromatic nitrogens is 4. The molecule has 0 bridgehead atoms. The predicted octanol–water partition coefficient (Wildman–Crippen LogP) is 8.58. The van der Waals surface area contributed by atoms with Crippen molar-refractivity contribution < 1.29 is 14.4 Å². The number of carbonyl (C=O) groups excluding carboxylic acids is 3. The number of halogens is 2. The van der Waals surface area contributed by atoms with E-state index in [0.29, 0.717) is 60.2 Å². The molecule has 2 aliphatic heterocycles. The summed E-state index contributed by atoms with van der Waals surface area (Å²) >= 11 is 13.7. The number of rotatable bonds is 12. The second-order valence-electron chi connectivity index (χ2n) is 15.7. The Bertz CT molecular complexity index is 2840. The van der Waals surface area contributed by atoms with E-state index in [9.17, 15) is 14.4 Å². The fraction of sp³-hybridized carbons (Fsp3) is 0.163. The number of amides is 2. The van der Waals surface area contributed by atoms with E-state index in [1.807, 2.05) is 97.1 Å². The minimum Gasteiger partial charge on any atom is -0.355 e. The Morgan fingerprint density at radius 3 is 1.50 bits per heavy atom. The van der Waals surface area contributed by atoms with E-state index in [1.165, 1.54) is 0 Å². The van der Waals surface area contributed by atoms with Crippen LogP contribution in [-0.2, 0) is 30.7 Å². The number of hydrogen-bond donors (Lipinski definition) is 6. The highest BCUT2D eigenvalue weighted by molar-refractivity contribution is 6.32. The first-order valence-electron chi connectivity index (χ1n) is 20.5. The highest BCUT2D eigenvalue weighted by Gasteiger charge is 2.41. The zero-order chi connectivity index (χ0) is 42.3. The first-order valence-corrected chi connectivity index (χ1v) is 21.3.